The van der Waals surface area contributed by atoms with Gasteiger partial charge in [0.05, 0.1) is 16.2 Å². The van der Waals surface area contributed by atoms with Crippen LogP contribution in [0.15, 0.2) is 17.2 Å². The summed E-state index contributed by atoms with van der Waals surface area (Å²) in [5.74, 6) is 0. The summed E-state index contributed by atoms with van der Waals surface area (Å²) < 4.78 is 37.9. The summed E-state index contributed by atoms with van der Waals surface area (Å²) in [6.45, 7) is 0. The van der Waals surface area contributed by atoms with Gasteiger partial charge in [-0.15, -0.1) is 0 Å². The van der Waals surface area contributed by atoms with Crippen molar-refractivity contribution < 1.29 is 18.1 Å². The van der Waals surface area contributed by atoms with Crippen LogP contribution < -0.4 is 5.43 Å². The van der Waals surface area contributed by atoms with Crippen molar-refractivity contribution in [2.24, 2.45) is 5.10 Å². The lowest BCUT2D eigenvalue weighted by Gasteiger charge is -2.10. The molecule has 0 atom stereocenters. The standard InChI is InChI=1S/C10H3ClF3N5O2/c11-9-7(18-17-6(3-15)4-16)1-5(10(12,13)14)2-8(9)19(20)21/h1-2,18H. The minimum absolute atomic E-state index is 0.271. The summed E-state index contributed by atoms with van der Waals surface area (Å²) in [6, 6.07) is 3.45. The van der Waals surface area contributed by atoms with E-state index >= 15 is 0 Å². The Morgan fingerprint density at radius 1 is 1.38 bits per heavy atom. The molecule has 0 unspecified atom stereocenters. The van der Waals surface area contributed by atoms with E-state index in [1.54, 1.807) is 0 Å². The Kier molecular flexibility index (Phi) is 4.68. The van der Waals surface area contributed by atoms with Crippen LogP contribution in [-0.4, -0.2) is 10.6 Å². The Morgan fingerprint density at radius 3 is 2.38 bits per heavy atom. The van der Waals surface area contributed by atoms with E-state index in [4.69, 9.17) is 22.1 Å². The second-order valence-electron chi connectivity index (χ2n) is 3.41. The number of hydrazone groups is 1. The van der Waals surface area contributed by atoms with E-state index in [9.17, 15) is 23.3 Å². The first-order valence-electron chi connectivity index (χ1n) is 4.89. The fraction of sp³-hybridized carbons (Fsp3) is 0.100. The first-order valence-corrected chi connectivity index (χ1v) is 5.27. The molecular weight excluding hydrogens is 315 g/mol. The monoisotopic (exact) mass is 317 g/mol. The maximum Gasteiger partial charge on any atom is 0.416 e. The van der Waals surface area contributed by atoms with Crippen LogP contribution in [0.5, 0.6) is 0 Å². The first kappa shape index (κ1) is 16.2. The predicted molar refractivity (Wildman–Crippen MR) is 65.4 cm³/mol. The van der Waals surface area contributed by atoms with Gasteiger partial charge in [0.15, 0.2) is 0 Å². The van der Waals surface area contributed by atoms with E-state index in [1.165, 1.54) is 12.1 Å². The van der Waals surface area contributed by atoms with Crippen LogP contribution in [-0.2, 0) is 6.18 Å². The fourth-order valence-electron chi connectivity index (χ4n) is 1.18. The van der Waals surface area contributed by atoms with Crippen molar-refractivity contribution in [3.8, 4) is 12.1 Å². The van der Waals surface area contributed by atoms with Crippen molar-refractivity contribution in [3.05, 3.63) is 32.8 Å². The molecule has 1 N–H and O–H groups in total. The summed E-state index contributed by atoms with van der Waals surface area (Å²) in [7, 11) is 0. The van der Waals surface area contributed by atoms with Crippen molar-refractivity contribution in [3.63, 3.8) is 0 Å². The Morgan fingerprint density at radius 2 is 1.95 bits per heavy atom. The zero-order chi connectivity index (χ0) is 16.2. The summed E-state index contributed by atoms with van der Waals surface area (Å²) in [6.07, 6.45) is -4.84. The van der Waals surface area contributed by atoms with Gasteiger partial charge in [0.2, 0.25) is 5.71 Å². The Labute approximate surface area is 120 Å². The SMILES string of the molecule is N#CC(C#N)=NNc1cc(C(F)(F)F)cc([N+](=O)[O-])c1Cl. The highest BCUT2D eigenvalue weighted by atomic mass is 35.5. The van der Waals surface area contributed by atoms with Gasteiger partial charge < -0.3 is 0 Å². The zero-order valence-electron chi connectivity index (χ0n) is 9.77. The van der Waals surface area contributed by atoms with Gasteiger partial charge in [0, 0.05) is 6.07 Å². The third-order valence-corrected chi connectivity index (χ3v) is 2.47. The van der Waals surface area contributed by atoms with Crippen molar-refractivity contribution in [2.75, 3.05) is 5.43 Å². The summed E-state index contributed by atoms with van der Waals surface area (Å²) in [5.41, 5.74) is -1.63. The van der Waals surface area contributed by atoms with Crippen LogP contribution >= 0.6 is 11.6 Å². The van der Waals surface area contributed by atoms with Crippen molar-refractivity contribution >= 4 is 28.7 Å². The van der Waals surface area contributed by atoms with Crippen LogP contribution in [0.1, 0.15) is 5.56 Å². The molecule has 0 amide bonds. The maximum atomic E-state index is 12.6. The molecule has 7 nitrogen and oxygen atoms in total. The van der Waals surface area contributed by atoms with E-state index in [0.717, 1.165) is 0 Å². The Bertz CT molecular complexity index is 686. The lowest BCUT2D eigenvalue weighted by molar-refractivity contribution is -0.384. The van der Waals surface area contributed by atoms with E-state index in [1.807, 2.05) is 5.43 Å². The van der Waals surface area contributed by atoms with Gasteiger partial charge in [-0.25, -0.2) is 0 Å². The zero-order valence-corrected chi connectivity index (χ0v) is 10.5. The normalized spacial score (nSPS) is 10.2. The van der Waals surface area contributed by atoms with Crippen LogP contribution in [0, 0.1) is 32.8 Å². The third kappa shape index (κ3) is 3.81. The Balaban J connectivity index is 3.42. The highest BCUT2D eigenvalue weighted by molar-refractivity contribution is 6.35. The molecule has 11 heteroatoms. The quantitative estimate of drug-likeness (QED) is 0.522. The highest BCUT2D eigenvalue weighted by Gasteiger charge is 2.34. The molecule has 21 heavy (non-hydrogen) atoms. The number of nitrogens with one attached hydrogen (secondary N) is 1. The van der Waals surface area contributed by atoms with E-state index in [2.05, 4.69) is 5.10 Å². The smallest absolute Gasteiger partial charge is 0.275 e. The number of halogens is 4. The van der Waals surface area contributed by atoms with Gasteiger partial charge in [-0.1, -0.05) is 11.6 Å². The van der Waals surface area contributed by atoms with Crippen LogP contribution in [0.25, 0.3) is 0 Å². The lowest BCUT2D eigenvalue weighted by Crippen LogP contribution is -2.08. The summed E-state index contributed by atoms with van der Waals surface area (Å²) >= 11 is 5.59. The van der Waals surface area contributed by atoms with Gasteiger partial charge in [-0.3, -0.25) is 15.5 Å². The van der Waals surface area contributed by atoms with Crippen molar-refractivity contribution in [1.29, 1.82) is 10.5 Å². The van der Waals surface area contributed by atoms with Crippen LogP contribution in [0.4, 0.5) is 24.5 Å². The maximum absolute atomic E-state index is 12.6. The van der Waals surface area contributed by atoms with Crippen LogP contribution in [0.3, 0.4) is 0 Å². The van der Waals surface area contributed by atoms with Gasteiger partial charge in [0.1, 0.15) is 17.2 Å². The summed E-state index contributed by atoms with van der Waals surface area (Å²) in [4.78, 5) is 9.59. The number of alkyl halides is 3. The van der Waals surface area contributed by atoms with E-state index < -0.39 is 38.8 Å². The average molecular weight is 318 g/mol. The number of nitriles is 2. The number of anilines is 1. The molecule has 1 aromatic carbocycles. The van der Waals surface area contributed by atoms with Gasteiger partial charge >= 0.3 is 6.18 Å². The molecule has 0 spiro atoms. The second-order valence-corrected chi connectivity index (χ2v) is 3.79. The van der Waals surface area contributed by atoms with E-state index in [-0.39, 0.29) is 6.07 Å². The molecule has 0 aromatic heterocycles. The summed E-state index contributed by atoms with van der Waals surface area (Å²) in [5, 5.41) is 30.1. The first-order chi connectivity index (χ1) is 9.70. The topological polar surface area (TPSA) is 115 Å². The average Bonchev–Trinajstić information content (AvgIpc) is 2.39. The molecule has 1 aromatic rings. The number of rotatable bonds is 3. The predicted octanol–water partition coefficient (Wildman–Crippen LogP) is 3.08. The van der Waals surface area contributed by atoms with Crippen molar-refractivity contribution in [1.82, 2.24) is 0 Å². The third-order valence-electron chi connectivity index (χ3n) is 2.08. The molecule has 0 fully saturated rings. The molecule has 0 aliphatic carbocycles. The van der Waals surface area contributed by atoms with Crippen LogP contribution in [0.2, 0.25) is 5.02 Å². The molecule has 0 saturated carbocycles. The molecule has 0 aliphatic heterocycles. The molecule has 1 rings (SSSR count). The highest BCUT2D eigenvalue weighted by Crippen LogP contribution is 2.39. The molecule has 108 valence electrons. The van der Waals surface area contributed by atoms with Gasteiger partial charge in [-0.2, -0.15) is 28.8 Å². The number of benzene rings is 1. The number of hydrogen-bond donors (Lipinski definition) is 1. The fourth-order valence-corrected chi connectivity index (χ4v) is 1.40. The second kappa shape index (κ2) is 6.07. The Hall–Kier alpha value is -2.85. The molecular formula is C10H3ClF3N5O2. The minimum atomic E-state index is -4.84. The number of nitro benzene ring substituents is 1. The number of hydrogen-bond acceptors (Lipinski definition) is 6. The molecule has 0 radical (unpaired) electrons. The van der Waals surface area contributed by atoms with Gasteiger partial charge in [-0.05, 0) is 6.07 Å². The molecule has 0 bridgehead atoms. The van der Waals surface area contributed by atoms with Crippen molar-refractivity contribution in [2.45, 2.75) is 6.18 Å². The number of nitrogens with zero attached hydrogens (tertiary/aromatic N) is 4. The number of nitro groups is 1. The molecule has 0 heterocycles. The molecule has 0 aliphatic rings. The molecule has 0 saturated heterocycles. The van der Waals surface area contributed by atoms with Gasteiger partial charge in [0.25, 0.3) is 5.69 Å². The largest absolute Gasteiger partial charge is 0.416 e. The van der Waals surface area contributed by atoms with E-state index in [0.29, 0.717) is 6.07 Å². The minimum Gasteiger partial charge on any atom is -0.275 e. The lowest BCUT2D eigenvalue weighted by atomic mass is 10.1.